The summed E-state index contributed by atoms with van der Waals surface area (Å²) in [6.45, 7) is 0.423. The van der Waals surface area contributed by atoms with Crippen LogP contribution in [-0.2, 0) is 0 Å². The van der Waals surface area contributed by atoms with Gasteiger partial charge in [0.1, 0.15) is 5.82 Å². The lowest BCUT2D eigenvalue weighted by Gasteiger charge is -2.10. The minimum Gasteiger partial charge on any atom is -0.336 e. The number of rotatable bonds is 1. The first-order valence-corrected chi connectivity index (χ1v) is 4.96. The maximum Gasteiger partial charge on any atom is 0.315 e. The second kappa shape index (κ2) is 3.57. The van der Waals surface area contributed by atoms with Gasteiger partial charge in [0.25, 0.3) is 0 Å². The zero-order valence-corrected chi connectivity index (χ0v) is 8.77. The molecule has 74 valence electrons. The fraction of sp³-hybridized carbons (Fsp3) is 0.222. The van der Waals surface area contributed by atoms with Crippen LogP contribution in [0.1, 0.15) is 11.6 Å². The molecule has 1 aliphatic heterocycles. The van der Waals surface area contributed by atoms with Crippen LogP contribution in [-0.4, -0.2) is 12.6 Å². The minimum absolute atomic E-state index is 0.255. The van der Waals surface area contributed by atoms with Gasteiger partial charge in [-0.15, -0.1) is 0 Å². The quantitative estimate of drug-likeness (QED) is 0.795. The maximum absolute atomic E-state index is 13.6. The highest BCUT2D eigenvalue weighted by Crippen LogP contribution is 2.24. The fourth-order valence-corrected chi connectivity index (χ4v) is 1.81. The molecule has 1 atom stereocenters. The van der Waals surface area contributed by atoms with Crippen LogP contribution >= 0.6 is 15.9 Å². The number of halogens is 2. The zero-order chi connectivity index (χ0) is 10.1. The summed E-state index contributed by atoms with van der Waals surface area (Å²) in [6.07, 6.45) is 0. The van der Waals surface area contributed by atoms with Crippen molar-refractivity contribution >= 4 is 22.0 Å². The fourth-order valence-electron chi connectivity index (χ4n) is 1.43. The second-order valence-electron chi connectivity index (χ2n) is 3.05. The van der Waals surface area contributed by atoms with Crippen molar-refractivity contribution < 1.29 is 9.18 Å². The molecule has 0 unspecified atom stereocenters. The van der Waals surface area contributed by atoms with Crippen molar-refractivity contribution in [2.75, 3.05) is 6.54 Å². The van der Waals surface area contributed by atoms with Crippen molar-refractivity contribution in [2.24, 2.45) is 0 Å². The zero-order valence-electron chi connectivity index (χ0n) is 7.18. The molecule has 0 aliphatic carbocycles. The van der Waals surface area contributed by atoms with Crippen molar-refractivity contribution in [2.45, 2.75) is 6.04 Å². The lowest BCUT2D eigenvalue weighted by molar-refractivity contribution is 0.247. The Morgan fingerprint density at radius 3 is 2.93 bits per heavy atom. The third-order valence-corrected chi connectivity index (χ3v) is 2.74. The van der Waals surface area contributed by atoms with Crippen molar-refractivity contribution in [3.8, 4) is 0 Å². The third-order valence-electron chi connectivity index (χ3n) is 2.13. The summed E-state index contributed by atoms with van der Waals surface area (Å²) in [5.41, 5.74) is 0.498. The smallest absolute Gasteiger partial charge is 0.315 e. The predicted molar refractivity (Wildman–Crippen MR) is 53.4 cm³/mol. The molecule has 2 rings (SSSR count). The van der Waals surface area contributed by atoms with Gasteiger partial charge >= 0.3 is 6.03 Å². The Balaban J connectivity index is 2.32. The first-order valence-electron chi connectivity index (χ1n) is 4.17. The van der Waals surface area contributed by atoms with E-state index in [1.807, 2.05) is 0 Å². The Bertz CT molecular complexity index is 383. The van der Waals surface area contributed by atoms with Gasteiger partial charge in [-0.1, -0.05) is 12.1 Å². The lowest BCUT2D eigenvalue weighted by atomic mass is 10.1. The van der Waals surface area contributed by atoms with Gasteiger partial charge in [0, 0.05) is 12.1 Å². The highest BCUT2D eigenvalue weighted by Gasteiger charge is 2.24. The van der Waals surface area contributed by atoms with Gasteiger partial charge in [-0.25, -0.2) is 9.18 Å². The van der Waals surface area contributed by atoms with Crippen LogP contribution in [0, 0.1) is 5.82 Å². The van der Waals surface area contributed by atoms with E-state index in [-0.39, 0.29) is 17.9 Å². The van der Waals surface area contributed by atoms with Gasteiger partial charge in [-0.3, -0.25) is 0 Å². The molecule has 14 heavy (non-hydrogen) atoms. The summed E-state index contributed by atoms with van der Waals surface area (Å²) in [4.78, 5) is 10.9. The standard InChI is InChI=1S/C9H8BrFN2O/c10-6-3-1-2-5(8(6)11)7-4-12-9(14)13-7/h1-3,7H,4H2,(H2,12,13,14)/t7-/m1/s1. The van der Waals surface area contributed by atoms with Crippen LogP contribution in [0.5, 0.6) is 0 Å². The summed E-state index contributed by atoms with van der Waals surface area (Å²) >= 11 is 3.10. The molecule has 0 spiro atoms. The van der Waals surface area contributed by atoms with E-state index in [2.05, 4.69) is 26.6 Å². The molecule has 2 amide bonds. The van der Waals surface area contributed by atoms with Gasteiger partial charge in [0.05, 0.1) is 10.5 Å². The van der Waals surface area contributed by atoms with E-state index in [9.17, 15) is 9.18 Å². The van der Waals surface area contributed by atoms with E-state index in [0.29, 0.717) is 16.6 Å². The molecular formula is C9H8BrFN2O. The number of carbonyl (C=O) groups is 1. The Kier molecular flexibility index (Phi) is 2.41. The summed E-state index contributed by atoms with van der Waals surface area (Å²) in [5, 5.41) is 5.21. The Morgan fingerprint density at radius 1 is 1.50 bits per heavy atom. The van der Waals surface area contributed by atoms with Crippen LogP contribution in [0.4, 0.5) is 9.18 Å². The summed E-state index contributed by atoms with van der Waals surface area (Å²) in [5.74, 6) is -0.318. The molecule has 1 fully saturated rings. The van der Waals surface area contributed by atoms with Crippen molar-refractivity contribution in [1.29, 1.82) is 0 Å². The van der Waals surface area contributed by atoms with Gasteiger partial charge in [0.2, 0.25) is 0 Å². The first-order chi connectivity index (χ1) is 6.68. The van der Waals surface area contributed by atoms with E-state index in [1.165, 1.54) is 0 Å². The molecule has 1 aliphatic rings. The number of hydrogen-bond donors (Lipinski definition) is 2. The molecule has 0 saturated carbocycles. The van der Waals surface area contributed by atoms with E-state index in [0.717, 1.165) is 0 Å². The Labute approximate surface area is 88.8 Å². The van der Waals surface area contributed by atoms with Crippen LogP contribution in [0.15, 0.2) is 22.7 Å². The van der Waals surface area contributed by atoms with Crippen LogP contribution in [0.25, 0.3) is 0 Å². The molecule has 0 bridgehead atoms. The average Bonchev–Trinajstić information content (AvgIpc) is 2.57. The molecule has 1 saturated heterocycles. The molecule has 5 heteroatoms. The summed E-state index contributed by atoms with van der Waals surface area (Å²) in [7, 11) is 0. The molecule has 1 aromatic rings. The Hall–Kier alpha value is -1.10. The highest BCUT2D eigenvalue weighted by molar-refractivity contribution is 9.10. The van der Waals surface area contributed by atoms with Crippen molar-refractivity contribution in [1.82, 2.24) is 10.6 Å². The molecule has 0 aromatic heterocycles. The van der Waals surface area contributed by atoms with Crippen molar-refractivity contribution in [3.05, 3.63) is 34.1 Å². The Morgan fingerprint density at radius 2 is 2.29 bits per heavy atom. The molecule has 3 nitrogen and oxygen atoms in total. The minimum atomic E-state index is -0.318. The second-order valence-corrected chi connectivity index (χ2v) is 3.90. The van der Waals surface area contributed by atoms with Gasteiger partial charge in [0.15, 0.2) is 0 Å². The lowest BCUT2D eigenvalue weighted by Crippen LogP contribution is -2.22. The van der Waals surface area contributed by atoms with Crippen LogP contribution in [0.2, 0.25) is 0 Å². The third kappa shape index (κ3) is 1.59. The maximum atomic E-state index is 13.6. The number of amides is 2. The summed E-state index contributed by atoms with van der Waals surface area (Å²) < 4.78 is 14.0. The number of benzene rings is 1. The largest absolute Gasteiger partial charge is 0.336 e. The molecule has 0 radical (unpaired) electrons. The van der Waals surface area contributed by atoms with Gasteiger partial charge in [-0.05, 0) is 22.0 Å². The monoisotopic (exact) mass is 258 g/mol. The topological polar surface area (TPSA) is 41.1 Å². The summed E-state index contributed by atoms with van der Waals surface area (Å²) in [6, 6.07) is 4.50. The van der Waals surface area contributed by atoms with E-state index in [4.69, 9.17) is 0 Å². The van der Waals surface area contributed by atoms with E-state index >= 15 is 0 Å². The predicted octanol–water partition coefficient (Wildman–Crippen LogP) is 1.94. The normalized spacial score (nSPS) is 20.4. The number of urea groups is 1. The van der Waals surface area contributed by atoms with Gasteiger partial charge < -0.3 is 10.6 Å². The molecule has 2 N–H and O–H groups in total. The first kappa shape index (κ1) is 9.45. The van der Waals surface area contributed by atoms with Crippen LogP contribution < -0.4 is 10.6 Å². The van der Waals surface area contributed by atoms with Gasteiger partial charge in [-0.2, -0.15) is 0 Å². The van der Waals surface area contributed by atoms with E-state index in [1.54, 1.807) is 18.2 Å². The average molecular weight is 259 g/mol. The number of hydrogen-bond acceptors (Lipinski definition) is 1. The molecule has 1 heterocycles. The molecule has 1 aromatic carbocycles. The van der Waals surface area contributed by atoms with Crippen LogP contribution in [0.3, 0.4) is 0 Å². The van der Waals surface area contributed by atoms with E-state index < -0.39 is 0 Å². The molecular weight excluding hydrogens is 251 g/mol. The van der Waals surface area contributed by atoms with Crippen molar-refractivity contribution in [3.63, 3.8) is 0 Å². The number of carbonyl (C=O) groups excluding carboxylic acids is 1. The number of nitrogens with one attached hydrogen (secondary N) is 2. The SMILES string of the molecule is O=C1NC[C@H](c2cccc(Br)c2F)N1. The highest BCUT2D eigenvalue weighted by atomic mass is 79.9.